The van der Waals surface area contributed by atoms with Gasteiger partial charge in [0, 0.05) is 10.6 Å². The smallest absolute Gasteiger partial charge is 0.261 e. The van der Waals surface area contributed by atoms with E-state index in [1.807, 2.05) is 31.2 Å². The fraction of sp³-hybridized carbons (Fsp3) is 0.176. The summed E-state index contributed by atoms with van der Waals surface area (Å²) in [5.41, 5.74) is 1.47. The van der Waals surface area contributed by atoms with Gasteiger partial charge in [-0.15, -0.1) is 0 Å². The Balaban J connectivity index is 2.05. The quantitative estimate of drug-likeness (QED) is 0.740. The van der Waals surface area contributed by atoms with Crippen LogP contribution in [0, 0.1) is 0 Å². The number of rotatable bonds is 4. The van der Waals surface area contributed by atoms with Crippen LogP contribution >= 0.6 is 11.6 Å². The molecule has 2 aromatic carbocycles. The molecule has 3 rings (SSSR count). The first-order chi connectivity index (χ1) is 10.7. The number of hydrogen-bond donors (Lipinski definition) is 0. The van der Waals surface area contributed by atoms with Crippen LogP contribution in [0.15, 0.2) is 53.6 Å². The van der Waals surface area contributed by atoms with E-state index in [2.05, 4.69) is 4.98 Å². The zero-order chi connectivity index (χ0) is 15.5. The van der Waals surface area contributed by atoms with E-state index in [0.717, 1.165) is 11.3 Å². The lowest BCUT2D eigenvalue weighted by atomic mass is 10.2. The molecular formula is C17H15ClN2O2. The molecule has 0 saturated heterocycles. The van der Waals surface area contributed by atoms with Gasteiger partial charge in [-0.25, -0.2) is 4.98 Å². The summed E-state index contributed by atoms with van der Waals surface area (Å²) in [7, 11) is 0. The van der Waals surface area contributed by atoms with Crippen LogP contribution in [0.25, 0.3) is 10.9 Å². The van der Waals surface area contributed by atoms with E-state index in [1.165, 1.54) is 0 Å². The zero-order valence-electron chi connectivity index (χ0n) is 12.1. The molecule has 0 bridgehead atoms. The van der Waals surface area contributed by atoms with E-state index < -0.39 is 0 Å². The molecule has 0 fully saturated rings. The van der Waals surface area contributed by atoms with Gasteiger partial charge in [0.2, 0.25) is 0 Å². The molecule has 0 N–H and O–H groups in total. The lowest BCUT2D eigenvalue weighted by molar-refractivity contribution is 0.335. The number of para-hydroxylation sites is 1. The van der Waals surface area contributed by atoms with Crippen molar-refractivity contribution in [3.05, 3.63) is 69.7 Å². The van der Waals surface area contributed by atoms with Crippen molar-refractivity contribution in [3.63, 3.8) is 0 Å². The maximum Gasteiger partial charge on any atom is 0.261 e. The summed E-state index contributed by atoms with van der Waals surface area (Å²) in [5.74, 6) is 0.781. The Morgan fingerprint density at radius 3 is 2.86 bits per heavy atom. The highest BCUT2D eigenvalue weighted by atomic mass is 35.5. The van der Waals surface area contributed by atoms with Crippen molar-refractivity contribution in [2.45, 2.75) is 13.5 Å². The van der Waals surface area contributed by atoms with E-state index in [0.29, 0.717) is 29.1 Å². The standard InChI is InChI=1S/C17H15ClN2O2/c1-2-22-16-6-4-3-5-12(16)10-20-11-19-15-8-7-13(18)9-14(15)17(20)21/h3-9,11H,2,10H2,1H3. The molecule has 1 aromatic heterocycles. The van der Waals surface area contributed by atoms with Crippen LogP contribution < -0.4 is 10.3 Å². The van der Waals surface area contributed by atoms with Gasteiger partial charge in [0.05, 0.1) is 30.4 Å². The van der Waals surface area contributed by atoms with Crippen LogP contribution in [-0.4, -0.2) is 16.2 Å². The Bertz CT molecular complexity index is 874. The number of benzene rings is 2. The molecule has 0 amide bonds. The Kier molecular flexibility index (Phi) is 4.11. The van der Waals surface area contributed by atoms with Crippen LogP contribution in [0.1, 0.15) is 12.5 Å². The monoisotopic (exact) mass is 314 g/mol. The SMILES string of the molecule is CCOc1ccccc1Cn1cnc2ccc(Cl)cc2c1=O. The second-order valence-corrected chi connectivity index (χ2v) is 5.32. The molecule has 0 unspecified atom stereocenters. The summed E-state index contributed by atoms with van der Waals surface area (Å²) in [6, 6.07) is 12.8. The third-order valence-electron chi connectivity index (χ3n) is 3.40. The zero-order valence-corrected chi connectivity index (χ0v) is 12.9. The maximum atomic E-state index is 12.6. The van der Waals surface area contributed by atoms with Crippen molar-refractivity contribution in [1.29, 1.82) is 0 Å². The molecule has 3 aromatic rings. The van der Waals surface area contributed by atoms with Gasteiger partial charge in [-0.2, -0.15) is 0 Å². The fourth-order valence-corrected chi connectivity index (χ4v) is 2.53. The molecule has 0 radical (unpaired) electrons. The van der Waals surface area contributed by atoms with Crippen LogP contribution in [-0.2, 0) is 6.54 Å². The van der Waals surface area contributed by atoms with Gasteiger partial charge < -0.3 is 4.74 Å². The van der Waals surface area contributed by atoms with Crippen molar-refractivity contribution in [3.8, 4) is 5.75 Å². The molecule has 5 heteroatoms. The second-order valence-electron chi connectivity index (χ2n) is 4.88. The molecule has 0 aliphatic heterocycles. The summed E-state index contributed by atoms with van der Waals surface area (Å²) in [6.07, 6.45) is 1.56. The Morgan fingerprint density at radius 1 is 1.23 bits per heavy atom. The number of fused-ring (bicyclic) bond motifs is 1. The Hall–Kier alpha value is -2.33. The predicted molar refractivity (Wildman–Crippen MR) is 87.7 cm³/mol. The van der Waals surface area contributed by atoms with Gasteiger partial charge >= 0.3 is 0 Å². The number of hydrogen-bond acceptors (Lipinski definition) is 3. The first kappa shape index (κ1) is 14.6. The highest BCUT2D eigenvalue weighted by Crippen LogP contribution is 2.19. The van der Waals surface area contributed by atoms with Crippen molar-refractivity contribution in [2.75, 3.05) is 6.61 Å². The minimum absolute atomic E-state index is 0.112. The fourth-order valence-electron chi connectivity index (χ4n) is 2.36. The third-order valence-corrected chi connectivity index (χ3v) is 3.63. The average Bonchev–Trinajstić information content (AvgIpc) is 2.52. The van der Waals surface area contributed by atoms with Crippen molar-refractivity contribution >= 4 is 22.5 Å². The lowest BCUT2D eigenvalue weighted by Crippen LogP contribution is -2.21. The Labute approximate surface area is 132 Å². The van der Waals surface area contributed by atoms with Gasteiger partial charge in [-0.3, -0.25) is 9.36 Å². The number of nitrogens with zero attached hydrogens (tertiary/aromatic N) is 2. The minimum Gasteiger partial charge on any atom is -0.494 e. The van der Waals surface area contributed by atoms with Crippen molar-refractivity contribution in [2.24, 2.45) is 0 Å². The first-order valence-electron chi connectivity index (χ1n) is 7.04. The van der Waals surface area contributed by atoms with Crippen LogP contribution in [0.3, 0.4) is 0 Å². The Morgan fingerprint density at radius 2 is 2.05 bits per heavy atom. The van der Waals surface area contributed by atoms with E-state index in [1.54, 1.807) is 29.1 Å². The van der Waals surface area contributed by atoms with Gasteiger partial charge in [0.1, 0.15) is 5.75 Å². The van der Waals surface area contributed by atoms with Crippen molar-refractivity contribution in [1.82, 2.24) is 9.55 Å². The molecular weight excluding hydrogens is 300 g/mol. The van der Waals surface area contributed by atoms with E-state index >= 15 is 0 Å². The highest BCUT2D eigenvalue weighted by molar-refractivity contribution is 6.31. The third kappa shape index (κ3) is 2.83. The molecule has 1 heterocycles. The highest BCUT2D eigenvalue weighted by Gasteiger charge is 2.08. The lowest BCUT2D eigenvalue weighted by Gasteiger charge is -2.11. The van der Waals surface area contributed by atoms with Gasteiger partial charge in [-0.1, -0.05) is 29.8 Å². The molecule has 0 spiro atoms. The van der Waals surface area contributed by atoms with Crippen LogP contribution in [0.2, 0.25) is 5.02 Å². The molecule has 0 aliphatic rings. The van der Waals surface area contributed by atoms with E-state index in [4.69, 9.17) is 16.3 Å². The minimum atomic E-state index is -0.112. The maximum absolute atomic E-state index is 12.6. The molecule has 0 aliphatic carbocycles. The number of ether oxygens (including phenoxy) is 1. The summed E-state index contributed by atoms with van der Waals surface area (Å²) in [5, 5.41) is 1.04. The number of aromatic nitrogens is 2. The largest absolute Gasteiger partial charge is 0.494 e. The van der Waals surface area contributed by atoms with Gasteiger partial charge in [0.25, 0.3) is 5.56 Å². The molecule has 22 heavy (non-hydrogen) atoms. The second kappa shape index (κ2) is 6.20. The average molecular weight is 315 g/mol. The first-order valence-corrected chi connectivity index (χ1v) is 7.42. The van der Waals surface area contributed by atoms with E-state index in [9.17, 15) is 4.79 Å². The topological polar surface area (TPSA) is 44.1 Å². The number of halogens is 1. The summed E-state index contributed by atoms with van der Waals surface area (Å²) < 4.78 is 7.16. The summed E-state index contributed by atoms with van der Waals surface area (Å²) in [4.78, 5) is 16.9. The van der Waals surface area contributed by atoms with Gasteiger partial charge in [0.15, 0.2) is 0 Å². The molecule has 4 nitrogen and oxygen atoms in total. The molecule has 0 saturated carbocycles. The molecule has 112 valence electrons. The van der Waals surface area contributed by atoms with Gasteiger partial charge in [-0.05, 0) is 31.2 Å². The van der Waals surface area contributed by atoms with Crippen LogP contribution in [0.5, 0.6) is 5.75 Å². The van der Waals surface area contributed by atoms with Crippen LogP contribution in [0.4, 0.5) is 0 Å². The van der Waals surface area contributed by atoms with E-state index in [-0.39, 0.29) is 5.56 Å². The normalized spacial score (nSPS) is 10.8. The summed E-state index contributed by atoms with van der Waals surface area (Å²) in [6.45, 7) is 2.92. The predicted octanol–water partition coefficient (Wildman–Crippen LogP) is 3.50. The molecule has 0 atom stereocenters. The summed E-state index contributed by atoms with van der Waals surface area (Å²) >= 11 is 5.97. The van der Waals surface area contributed by atoms with Crippen molar-refractivity contribution < 1.29 is 4.74 Å².